The number of anilines is 1. The summed E-state index contributed by atoms with van der Waals surface area (Å²) in [6.45, 7) is 3.19. The first-order chi connectivity index (χ1) is 14.8. The van der Waals surface area contributed by atoms with Gasteiger partial charge in [0.2, 0.25) is 5.91 Å². The second kappa shape index (κ2) is 7.54. The molecular weight excluding hydrogens is 398 g/mol. The number of carbonyl (C=O) groups excluding carboxylic acids is 4. The van der Waals surface area contributed by atoms with Crippen LogP contribution >= 0.6 is 0 Å². The summed E-state index contributed by atoms with van der Waals surface area (Å²) < 4.78 is 5.16. The molecule has 1 saturated heterocycles. The van der Waals surface area contributed by atoms with Crippen LogP contribution in [0.5, 0.6) is 5.75 Å². The molecule has 0 radical (unpaired) electrons. The van der Waals surface area contributed by atoms with Gasteiger partial charge in [0.25, 0.3) is 5.91 Å². The van der Waals surface area contributed by atoms with Crippen molar-refractivity contribution in [2.75, 3.05) is 19.0 Å². The zero-order valence-corrected chi connectivity index (χ0v) is 17.5. The van der Waals surface area contributed by atoms with Crippen LogP contribution < -0.4 is 15.4 Å². The lowest BCUT2D eigenvalue weighted by Crippen LogP contribution is -2.43. The highest BCUT2D eigenvalue weighted by Gasteiger charge is 2.51. The van der Waals surface area contributed by atoms with Gasteiger partial charge in [0.1, 0.15) is 11.3 Å². The maximum Gasteiger partial charge on any atom is 0.325 e. The molecule has 0 aliphatic carbocycles. The van der Waals surface area contributed by atoms with Crippen molar-refractivity contribution in [1.29, 1.82) is 0 Å². The lowest BCUT2D eigenvalue weighted by Gasteiger charge is -2.26. The molecule has 2 aromatic carbocycles. The molecule has 2 atom stereocenters. The highest BCUT2D eigenvalue weighted by Crippen LogP contribution is 2.35. The smallest absolute Gasteiger partial charge is 0.325 e. The Bertz CT molecular complexity index is 1090. The molecule has 0 saturated carbocycles. The third-order valence-corrected chi connectivity index (χ3v) is 6.08. The summed E-state index contributed by atoms with van der Waals surface area (Å²) in [4.78, 5) is 51.6. The van der Waals surface area contributed by atoms with E-state index < -0.39 is 17.5 Å². The highest BCUT2D eigenvalue weighted by atomic mass is 16.5. The number of nitrogens with one attached hydrogen (secondary N) is 2. The first-order valence-corrected chi connectivity index (χ1v) is 10.1. The lowest BCUT2D eigenvalue weighted by molar-refractivity contribution is -0.131. The summed E-state index contributed by atoms with van der Waals surface area (Å²) in [5.41, 5.74) is 1.15. The number of rotatable bonds is 6. The van der Waals surface area contributed by atoms with Crippen LogP contribution in [-0.2, 0) is 15.1 Å². The van der Waals surface area contributed by atoms with Crippen LogP contribution in [0.25, 0.3) is 0 Å². The predicted octanol–water partition coefficient (Wildman–Crippen LogP) is 2.79. The van der Waals surface area contributed by atoms with Gasteiger partial charge in [0.15, 0.2) is 5.78 Å². The summed E-state index contributed by atoms with van der Waals surface area (Å²) in [7, 11) is 1.55. The van der Waals surface area contributed by atoms with Crippen molar-refractivity contribution in [3.05, 3.63) is 59.2 Å². The molecule has 0 aromatic heterocycles. The number of ether oxygens (including phenoxy) is 1. The Morgan fingerprint density at radius 2 is 1.84 bits per heavy atom. The number of nitrogens with zero attached hydrogens (tertiary/aromatic N) is 1. The van der Waals surface area contributed by atoms with Gasteiger partial charge in [-0.25, -0.2) is 4.79 Å². The Hall–Kier alpha value is -3.68. The number of urea groups is 1. The van der Waals surface area contributed by atoms with E-state index in [1.807, 2.05) is 0 Å². The van der Waals surface area contributed by atoms with E-state index in [4.69, 9.17) is 4.74 Å². The largest absolute Gasteiger partial charge is 0.497 e. The van der Waals surface area contributed by atoms with E-state index in [1.54, 1.807) is 63.4 Å². The number of amides is 4. The number of imide groups is 1. The summed E-state index contributed by atoms with van der Waals surface area (Å²) in [5.74, 6) is -0.690. The van der Waals surface area contributed by atoms with E-state index in [0.29, 0.717) is 29.0 Å². The maximum absolute atomic E-state index is 13.3. The fourth-order valence-corrected chi connectivity index (χ4v) is 4.11. The summed E-state index contributed by atoms with van der Waals surface area (Å²) in [6, 6.07) is 11.2. The van der Waals surface area contributed by atoms with E-state index >= 15 is 0 Å². The molecule has 8 heteroatoms. The highest BCUT2D eigenvalue weighted by molar-refractivity contribution is 6.12. The third-order valence-electron chi connectivity index (χ3n) is 6.08. The molecule has 1 fully saturated rings. The second-order valence-electron chi connectivity index (χ2n) is 7.74. The van der Waals surface area contributed by atoms with Gasteiger partial charge < -0.3 is 15.4 Å². The van der Waals surface area contributed by atoms with Crippen LogP contribution in [0, 0.1) is 0 Å². The number of ketones is 1. The Kier molecular flexibility index (Phi) is 5.00. The molecule has 0 unspecified atom stereocenters. The van der Waals surface area contributed by atoms with Gasteiger partial charge >= 0.3 is 6.03 Å². The fraction of sp³-hybridized carbons (Fsp3) is 0.304. The van der Waals surface area contributed by atoms with Crippen LogP contribution in [-0.4, -0.2) is 42.2 Å². The summed E-state index contributed by atoms with van der Waals surface area (Å²) in [6.07, 6.45) is 0.332. The molecule has 2 aromatic rings. The van der Waals surface area contributed by atoms with Crippen molar-refractivity contribution in [3.8, 4) is 5.75 Å². The number of Topliss-reactive ketones (excluding diaryl/α,β-unsaturated/α-hetero) is 1. The molecule has 4 amide bonds. The first kappa shape index (κ1) is 20.6. The van der Waals surface area contributed by atoms with E-state index in [0.717, 1.165) is 10.5 Å². The maximum atomic E-state index is 13.3. The molecule has 0 bridgehead atoms. The van der Waals surface area contributed by atoms with E-state index in [9.17, 15) is 19.2 Å². The number of fused-ring (bicyclic) bond motifs is 1. The molecule has 160 valence electrons. The molecule has 2 aliphatic heterocycles. The van der Waals surface area contributed by atoms with Crippen LogP contribution in [0.2, 0.25) is 0 Å². The molecular formula is C23H23N3O5. The third kappa shape index (κ3) is 3.24. The van der Waals surface area contributed by atoms with Crippen LogP contribution in [0.4, 0.5) is 10.5 Å². The number of hydrogen-bond donors (Lipinski definition) is 2. The standard InChI is InChI=1S/C23H23N3O5/c1-4-23(15-6-8-16(31-3)9-7-15)21(29)26(22(30)25-23)12-19(27)14-5-10-18-17(11-14)13(2)20(28)24-18/h5-11,13H,4,12H2,1-3H3,(H,24,28)(H,25,30)/t13-,23+/m1/s1. The molecule has 2 N–H and O–H groups in total. The fourth-order valence-electron chi connectivity index (χ4n) is 4.11. The molecule has 0 spiro atoms. The Morgan fingerprint density at radius 1 is 1.13 bits per heavy atom. The van der Waals surface area contributed by atoms with Gasteiger partial charge in [0.05, 0.1) is 19.6 Å². The first-order valence-electron chi connectivity index (χ1n) is 10.1. The zero-order valence-electron chi connectivity index (χ0n) is 17.5. The second-order valence-corrected chi connectivity index (χ2v) is 7.74. The molecule has 31 heavy (non-hydrogen) atoms. The van der Waals surface area contributed by atoms with Crippen LogP contribution in [0.3, 0.4) is 0 Å². The Labute approximate surface area is 179 Å². The average Bonchev–Trinajstić information content (AvgIpc) is 3.21. The minimum Gasteiger partial charge on any atom is -0.497 e. The van der Waals surface area contributed by atoms with Gasteiger partial charge in [0, 0.05) is 11.3 Å². The van der Waals surface area contributed by atoms with Crippen molar-refractivity contribution in [2.45, 2.75) is 31.7 Å². The average molecular weight is 421 g/mol. The van der Waals surface area contributed by atoms with Crippen LogP contribution in [0.15, 0.2) is 42.5 Å². The predicted molar refractivity (Wildman–Crippen MR) is 113 cm³/mol. The molecule has 2 heterocycles. The number of methoxy groups -OCH3 is 1. The van der Waals surface area contributed by atoms with Gasteiger partial charge in [-0.15, -0.1) is 0 Å². The Balaban J connectivity index is 1.58. The van der Waals surface area contributed by atoms with Gasteiger partial charge in [-0.2, -0.15) is 0 Å². The minimum absolute atomic E-state index is 0.124. The molecule has 2 aliphatic rings. The molecule has 4 rings (SSSR count). The quantitative estimate of drug-likeness (QED) is 0.551. The van der Waals surface area contributed by atoms with E-state index in [2.05, 4.69) is 10.6 Å². The van der Waals surface area contributed by atoms with Crippen molar-refractivity contribution in [2.24, 2.45) is 0 Å². The summed E-state index contributed by atoms with van der Waals surface area (Å²) in [5, 5.41) is 5.53. The van der Waals surface area contributed by atoms with Crippen molar-refractivity contribution in [1.82, 2.24) is 10.2 Å². The lowest BCUT2D eigenvalue weighted by atomic mass is 9.87. The van der Waals surface area contributed by atoms with Crippen molar-refractivity contribution in [3.63, 3.8) is 0 Å². The van der Waals surface area contributed by atoms with E-state index in [1.165, 1.54) is 0 Å². The topological polar surface area (TPSA) is 105 Å². The van der Waals surface area contributed by atoms with Gasteiger partial charge in [-0.05, 0) is 54.8 Å². The monoisotopic (exact) mass is 421 g/mol. The minimum atomic E-state index is -1.23. The summed E-state index contributed by atoms with van der Waals surface area (Å²) >= 11 is 0. The van der Waals surface area contributed by atoms with E-state index in [-0.39, 0.29) is 24.2 Å². The molecule has 8 nitrogen and oxygen atoms in total. The number of carbonyl (C=O) groups is 4. The zero-order chi connectivity index (χ0) is 22.3. The Morgan fingerprint density at radius 3 is 2.48 bits per heavy atom. The van der Waals surface area contributed by atoms with Crippen molar-refractivity contribution < 1.29 is 23.9 Å². The van der Waals surface area contributed by atoms with Crippen LogP contribution in [0.1, 0.15) is 47.7 Å². The number of benzene rings is 2. The SMILES string of the molecule is CC[C@@]1(c2ccc(OC)cc2)NC(=O)N(CC(=O)c2ccc3c(c2)[C@@H](C)C(=O)N3)C1=O. The number of hydrogen-bond acceptors (Lipinski definition) is 5. The van der Waals surface area contributed by atoms with Crippen molar-refractivity contribution >= 4 is 29.3 Å². The van der Waals surface area contributed by atoms with Gasteiger partial charge in [-0.1, -0.05) is 19.1 Å². The van der Waals surface area contributed by atoms with Gasteiger partial charge in [-0.3, -0.25) is 19.3 Å². The normalized spacial score (nSPS) is 22.2.